The molecule has 0 bridgehead atoms. The number of ether oxygens (including phenoxy) is 1. The molecule has 206 valence electrons. The Kier molecular flexibility index (Phi) is 8.98. The van der Waals surface area contributed by atoms with Crippen LogP contribution in [-0.4, -0.2) is 95.2 Å². The van der Waals surface area contributed by atoms with Gasteiger partial charge in [-0.15, -0.1) is 0 Å². The molecule has 1 aromatic heterocycles. The normalized spacial score (nSPS) is 15.4. The fraction of sp³-hybridized carbons (Fsp3) is 0.379. The summed E-state index contributed by atoms with van der Waals surface area (Å²) in [7, 11) is 0. The summed E-state index contributed by atoms with van der Waals surface area (Å²) >= 11 is 0. The Hall–Kier alpha value is -4.18. The lowest BCUT2D eigenvalue weighted by Crippen LogP contribution is -2.56. The van der Waals surface area contributed by atoms with Crippen molar-refractivity contribution in [2.45, 2.75) is 26.8 Å². The van der Waals surface area contributed by atoms with Gasteiger partial charge < -0.3 is 29.7 Å². The number of benzene rings is 2. The van der Waals surface area contributed by atoms with E-state index < -0.39 is 17.8 Å². The Labute approximate surface area is 227 Å². The topological polar surface area (TPSA) is 115 Å². The van der Waals surface area contributed by atoms with Gasteiger partial charge in [0.1, 0.15) is 0 Å². The minimum Gasteiger partial charge on any atom is -0.408 e. The van der Waals surface area contributed by atoms with E-state index in [-0.39, 0.29) is 29.8 Å². The highest BCUT2D eigenvalue weighted by Crippen LogP contribution is 2.28. The molecule has 0 aliphatic carbocycles. The van der Waals surface area contributed by atoms with Gasteiger partial charge in [-0.2, -0.15) is 0 Å². The van der Waals surface area contributed by atoms with Gasteiger partial charge in [-0.05, 0) is 38.2 Å². The second kappa shape index (κ2) is 12.6. The Morgan fingerprint density at radius 1 is 1.03 bits per heavy atom. The molecule has 0 radical (unpaired) electrons. The molecule has 4 rings (SSSR count). The van der Waals surface area contributed by atoms with Crippen LogP contribution in [0.15, 0.2) is 54.7 Å². The predicted molar refractivity (Wildman–Crippen MR) is 148 cm³/mol. The van der Waals surface area contributed by atoms with Crippen LogP contribution < -0.4 is 10.1 Å². The summed E-state index contributed by atoms with van der Waals surface area (Å²) < 4.78 is 5.49. The fourth-order valence-electron chi connectivity index (χ4n) is 4.84. The average molecular weight is 534 g/mol. The first-order valence-electron chi connectivity index (χ1n) is 13.3. The first kappa shape index (κ1) is 27.8. The molecule has 1 aliphatic rings. The van der Waals surface area contributed by atoms with E-state index in [1.54, 1.807) is 35.2 Å². The van der Waals surface area contributed by atoms with Crippen LogP contribution in [0.4, 0.5) is 4.79 Å². The van der Waals surface area contributed by atoms with Crippen molar-refractivity contribution in [1.82, 2.24) is 25.0 Å². The molecule has 0 spiro atoms. The smallest absolute Gasteiger partial charge is 0.408 e. The van der Waals surface area contributed by atoms with E-state index in [0.29, 0.717) is 42.6 Å². The quantitative estimate of drug-likeness (QED) is 0.323. The molecule has 2 aromatic carbocycles. The van der Waals surface area contributed by atoms with Gasteiger partial charge in [0, 0.05) is 55.9 Å². The van der Waals surface area contributed by atoms with Crippen molar-refractivity contribution in [2.24, 2.45) is 0 Å². The van der Waals surface area contributed by atoms with Gasteiger partial charge in [0.05, 0.1) is 11.1 Å². The van der Waals surface area contributed by atoms with Crippen molar-refractivity contribution >= 4 is 34.6 Å². The molecule has 1 aliphatic heterocycles. The number of amides is 3. The molecule has 39 heavy (non-hydrogen) atoms. The summed E-state index contributed by atoms with van der Waals surface area (Å²) in [4.78, 5) is 60.1. The van der Waals surface area contributed by atoms with Gasteiger partial charge in [0.2, 0.25) is 0 Å². The van der Waals surface area contributed by atoms with E-state index in [1.165, 1.54) is 11.1 Å². The van der Waals surface area contributed by atoms with E-state index in [1.807, 2.05) is 25.1 Å². The summed E-state index contributed by atoms with van der Waals surface area (Å²) in [5.74, 6) is -1.12. The molecule has 2 heterocycles. The minimum absolute atomic E-state index is 0.0953. The van der Waals surface area contributed by atoms with Crippen LogP contribution in [0.1, 0.15) is 41.5 Å². The lowest BCUT2D eigenvalue weighted by atomic mass is 10.1. The Bertz CT molecular complexity index is 1330. The number of aromatic nitrogens is 1. The molecule has 1 atom stereocenters. The number of carbonyl (C=O) groups is 4. The monoisotopic (exact) mass is 533 g/mol. The van der Waals surface area contributed by atoms with Crippen molar-refractivity contribution in [2.75, 3.05) is 45.8 Å². The number of piperazine rings is 1. The molecule has 0 saturated carbocycles. The van der Waals surface area contributed by atoms with Gasteiger partial charge in [0.15, 0.2) is 5.75 Å². The van der Waals surface area contributed by atoms with Gasteiger partial charge >= 0.3 is 6.09 Å². The summed E-state index contributed by atoms with van der Waals surface area (Å²) in [5.41, 5.74) is 1.26. The molecule has 1 saturated heterocycles. The highest BCUT2D eigenvalue weighted by atomic mass is 16.6. The highest BCUT2D eigenvalue weighted by Gasteiger charge is 2.34. The second-order valence-electron chi connectivity index (χ2n) is 9.52. The van der Waals surface area contributed by atoms with E-state index in [2.05, 4.69) is 29.0 Å². The number of hydrogen-bond donors (Lipinski definition) is 2. The van der Waals surface area contributed by atoms with Crippen molar-refractivity contribution < 1.29 is 23.9 Å². The number of rotatable bonds is 9. The third-order valence-corrected chi connectivity index (χ3v) is 7.11. The van der Waals surface area contributed by atoms with Crippen LogP contribution in [-0.2, 0) is 4.79 Å². The number of aromatic amines is 1. The molecule has 3 amide bonds. The number of likely N-dealkylation sites (N-methyl/N-ethyl adjacent to an activating group) is 1. The maximum absolute atomic E-state index is 13.3. The van der Waals surface area contributed by atoms with Crippen LogP contribution in [0.5, 0.6) is 5.75 Å². The van der Waals surface area contributed by atoms with Crippen LogP contribution in [0.25, 0.3) is 10.9 Å². The van der Waals surface area contributed by atoms with E-state index in [9.17, 15) is 19.2 Å². The number of nitrogens with zero attached hydrogens (tertiary/aromatic N) is 3. The summed E-state index contributed by atoms with van der Waals surface area (Å²) in [6, 6.07) is 13.7. The van der Waals surface area contributed by atoms with Crippen molar-refractivity contribution in [1.29, 1.82) is 0 Å². The number of nitrogens with one attached hydrogen (secondary N) is 2. The highest BCUT2D eigenvalue weighted by molar-refractivity contribution is 6.45. The van der Waals surface area contributed by atoms with Crippen LogP contribution in [0.2, 0.25) is 0 Å². The van der Waals surface area contributed by atoms with Crippen molar-refractivity contribution in [3.05, 3.63) is 65.9 Å². The molecule has 1 fully saturated rings. The third kappa shape index (κ3) is 6.28. The number of ketones is 1. The lowest BCUT2D eigenvalue weighted by Gasteiger charge is -2.39. The summed E-state index contributed by atoms with van der Waals surface area (Å²) in [5, 5.41) is 3.23. The standard InChI is InChI=1S/C29H35N5O5/c1-4-32(5-2)15-14-30-29(38)39-24-13-9-12-22-23(18-31-25(22)24)26(35)28(37)34-17-16-33(19-20(34)3)27(36)21-10-7-6-8-11-21/h6-13,18,20,31H,4-5,14-17,19H2,1-3H3,(H,30,38)/t20-/m1/s1. The largest absolute Gasteiger partial charge is 0.412 e. The van der Waals surface area contributed by atoms with Gasteiger partial charge in [0.25, 0.3) is 17.6 Å². The van der Waals surface area contributed by atoms with Gasteiger partial charge in [-0.1, -0.05) is 44.2 Å². The Balaban J connectivity index is 1.40. The first-order valence-corrected chi connectivity index (χ1v) is 13.3. The number of H-pyrrole nitrogens is 1. The molecule has 0 unspecified atom stereocenters. The van der Waals surface area contributed by atoms with E-state index >= 15 is 0 Å². The molecule has 3 aromatic rings. The molecule has 10 nitrogen and oxygen atoms in total. The SMILES string of the molecule is CCN(CC)CCNC(=O)Oc1cccc2c(C(=O)C(=O)N3CCN(C(=O)c4ccccc4)C[C@H]3C)c[nH]c12. The van der Waals surface area contributed by atoms with Crippen molar-refractivity contribution in [3.63, 3.8) is 0 Å². The zero-order valence-corrected chi connectivity index (χ0v) is 22.6. The number of para-hydroxylation sites is 1. The Morgan fingerprint density at radius 2 is 1.77 bits per heavy atom. The number of Topliss-reactive ketones (excluding diaryl/α,β-unsaturated/α-hetero) is 1. The number of carbonyl (C=O) groups excluding carboxylic acids is 4. The number of hydrogen-bond acceptors (Lipinski definition) is 6. The maximum Gasteiger partial charge on any atom is 0.412 e. The Morgan fingerprint density at radius 3 is 2.46 bits per heavy atom. The lowest BCUT2D eigenvalue weighted by molar-refractivity contribution is -0.130. The predicted octanol–water partition coefficient (Wildman–Crippen LogP) is 3.15. The first-order chi connectivity index (χ1) is 18.8. The molecular formula is C29H35N5O5. The second-order valence-corrected chi connectivity index (χ2v) is 9.52. The van der Waals surface area contributed by atoms with E-state index in [0.717, 1.165) is 13.1 Å². The van der Waals surface area contributed by atoms with E-state index in [4.69, 9.17) is 4.74 Å². The summed E-state index contributed by atoms with van der Waals surface area (Å²) in [6.45, 7) is 9.83. The number of fused-ring (bicyclic) bond motifs is 1. The third-order valence-electron chi connectivity index (χ3n) is 7.11. The fourth-order valence-corrected chi connectivity index (χ4v) is 4.84. The van der Waals surface area contributed by atoms with Crippen LogP contribution in [0.3, 0.4) is 0 Å². The minimum atomic E-state index is -0.656. The van der Waals surface area contributed by atoms with Gasteiger partial charge in [-0.3, -0.25) is 14.4 Å². The zero-order valence-electron chi connectivity index (χ0n) is 22.6. The van der Waals surface area contributed by atoms with Crippen LogP contribution >= 0.6 is 0 Å². The van der Waals surface area contributed by atoms with Gasteiger partial charge in [-0.25, -0.2) is 4.79 Å². The molecule has 2 N–H and O–H groups in total. The maximum atomic E-state index is 13.3. The average Bonchev–Trinajstić information content (AvgIpc) is 3.40. The molecule has 10 heteroatoms. The van der Waals surface area contributed by atoms with Crippen molar-refractivity contribution in [3.8, 4) is 5.75 Å². The van der Waals surface area contributed by atoms with Crippen LogP contribution in [0, 0.1) is 0 Å². The molecular weight excluding hydrogens is 498 g/mol. The summed E-state index contributed by atoms with van der Waals surface area (Å²) in [6.07, 6.45) is 0.876. The zero-order chi connectivity index (χ0) is 27.9.